The van der Waals surface area contributed by atoms with Crippen molar-refractivity contribution < 1.29 is 4.79 Å². The van der Waals surface area contributed by atoms with Gasteiger partial charge in [0, 0.05) is 25.7 Å². The van der Waals surface area contributed by atoms with Crippen LogP contribution in [0.2, 0.25) is 0 Å². The van der Waals surface area contributed by atoms with E-state index in [0.29, 0.717) is 19.1 Å². The van der Waals surface area contributed by atoms with Crippen molar-refractivity contribution in [1.29, 1.82) is 0 Å². The predicted molar refractivity (Wildman–Crippen MR) is 52.2 cm³/mol. The molecule has 4 nitrogen and oxygen atoms in total. The van der Waals surface area contributed by atoms with Crippen LogP contribution in [0.3, 0.4) is 0 Å². The third-order valence-corrected chi connectivity index (χ3v) is 2.40. The number of amides is 1. The second kappa shape index (κ2) is 4.39. The van der Waals surface area contributed by atoms with Gasteiger partial charge in [-0.15, -0.1) is 6.58 Å². The molecule has 1 saturated heterocycles. The first kappa shape index (κ1) is 10.2. The van der Waals surface area contributed by atoms with E-state index in [4.69, 9.17) is 5.73 Å². The first-order valence-corrected chi connectivity index (χ1v) is 4.55. The number of nitrogens with zero attached hydrogens (tertiary/aromatic N) is 1. The molecule has 13 heavy (non-hydrogen) atoms. The Balaban J connectivity index is 2.70. The standard InChI is InChI=1S/C9H17N3O/c1-3-4-12-7(2)6-11-9(13)8(12)5-10/h3,7-8H,1,4-6,10H2,2H3,(H,11,13). The molecule has 0 aliphatic carbocycles. The highest BCUT2D eigenvalue weighted by Gasteiger charge is 2.31. The molecule has 1 aliphatic rings. The average Bonchev–Trinajstić information content (AvgIpc) is 2.12. The van der Waals surface area contributed by atoms with Crippen molar-refractivity contribution in [2.45, 2.75) is 19.0 Å². The van der Waals surface area contributed by atoms with E-state index in [1.165, 1.54) is 0 Å². The molecule has 1 amide bonds. The Bertz CT molecular complexity index is 205. The number of rotatable bonds is 3. The first-order valence-electron chi connectivity index (χ1n) is 4.55. The smallest absolute Gasteiger partial charge is 0.238 e. The molecule has 0 radical (unpaired) electrons. The lowest BCUT2D eigenvalue weighted by Gasteiger charge is -2.38. The fourth-order valence-electron chi connectivity index (χ4n) is 1.64. The van der Waals surface area contributed by atoms with Gasteiger partial charge >= 0.3 is 0 Å². The Labute approximate surface area is 78.8 Å². The van der Waals surface area contributed by atoms with Gasteiger partial charge in [-0.2, -0.15) is 0 Å². The molecule has 0 aromatic heterocycles. The third kappa shape index (κ3) is 2.08. The SMILES string of the molecule is C=CCN1C(C)CNC(=O)C1CN. The molecule has 4 heteroatoms. The van der Waals surface area contributed by atoms with Gasteiger partial charge in [0.25, 0.3) is 0 Å². The normalized spacial score (nSPS) is 29.8. The highest BCUT2D eigenvalue weighted by molar-refractivity contribution is 5.82. The lowest BCUT2D eigenvalue weighted by atomic mass is 10.1. The summed E-state index contributed by atoms with van der Waals surface area (Å²) in [5.74, 6) is 0.0300. The minimum Gasteiger partial charge on any atom is -0.353 e. The fourth-order valence-corrected chi connectivity index (χ4v) is 1.64. The van der Waals surface area contributed by atoms with Crippen molar-refractivity contribution in [2.24, 2.45) is 5.73 Å². The number of hydrogen-bond acceptors (Lipinski definition) is 3. The number of carbonyl (C=O) groups excluding carboxylic acids is 1. The van der Waals surface area contributed by atoms with E-state index in [0.717, 1.165) is 6.54 Å². The monoisotopic (exact) mass is 183 g/mol. The fraction of sp³-hybridized carbons (Fsp3) is 0.667. The Hall–Kier alpha value is -0.870. The van der Waals surface area contributed by atoms with Gasteiger partial charge < -0.3 is 11.1 Å². The summed E-state index contributed by atoms with van der Waals surface area (Å²) in [5.41, 5.74) is 5.54. The number of hydrogen-bond donors (Lipinski definition) is 2. The van der Waals surface area contributed by atoms with Crippen LogP contribution in [0.25, 0.3) is 0 Å². The highest BCUT2D eigenvalue weighted by Crippen LogP contribution is 2.09. The van der Waals surface area contributed by atoms with Crippen LogP contribution in [0, 0.1) is 0 Å². The zero-order valence-electron chi connectivity index (χ0n) is 7.99. The third-order valence-electron chi connectivity index (χ3n) is 2.40. The van der Waals surface area contributed by atoms with Crippen LogP contribution in [0.15, 0.2) is 12.7 Å². The van der Waals surface area contributed by atoms with Crippen LogP contribution in [0.1, 0.15) is 6.92 Å². The summed E-state index contributed by atoms with van der Waals surface area (Å²) in [7, 11) is 0. The van der Waals surface area contributed by atoms with Crippen LogP contribution in [0.4, 0.5) is 0 Å². The van der Waals surface area contributed by atoms with Gasteiger partial charge in [-0.3, -0.25) is 9.69 Å². The molecule has 2 unspecified atom stereocenters. The Morgan fingerprint density at radius 1 is 1.85 bits per heavy atom. The van der Waals surface area contributed by atoms with Crippen molar-refractivity contribution in [3.8, 4) is 0 Å². The Morgan fingerprint density at radius 3 is 3.08 bits per heavy atom. The van der Waals surface area contributed by atoms with Crippen molar-refractivity contribution in [3.05, 3.63) is 12.7 Å². The quantitative estimate of drug-likeness (QED) is 0.570. The zero-order valence-corrected chi connectivity index (χ0v) is 7.99. The van der Waals surface area contributed by atoms with Gasteiger partial charge in [-0.05, 0) is 6.92 Å². The van der Waals surface area contributed by atoms with E-state index in [9.17, 15) is 4.79 Å². The minimum atomic E-state index is -0.193. The predicted octanol–water partition coefficient (Wildman–Crippen LogP) is -0.680. The topological polar surface area (TPSA) is 58.4 Å². The van der Waals surface area contributed by atoms with Crippen molar-refractivity contribution in [1.82, 2.24) is 10.2 Å². The Morgan fingerprint density at radius 2 is 2.54 bits per heavy atom. The number of piperazine rings is 1. The van der Waals surface area contributed by atoms with Crippen LogP contribution in [0.5, 0.6) is 0 Å². The summed E-state index contributed by atoms with van der Waals surface area (Å²) in [5, 5.41) is 2.83. The molecular formula is C9H17N3O. The number of nitrogens with one attached hydrogen (secondary N) is 1. The second-order valence-corrected chi connectivity index (χ2v) is 3.33. The lowest BCUT2D eigenvalue weighted by molar-refractivity contribution is -0.129. The van der Waals surface area contributed by atoms with E-state index in [1.807, 2.05) is 0 Å². The summed E-state index contributed by atoms with van der Waals surface area (Å²) in [6, 6.07) is 0.144. The van der Waals surface area contributed by atoms with Gasteiger partial charge in [0.15, 0.2) is 0 Å². The van der Waals surface area contributed by atoms with E-state index in [2.05, 4.69) is 23.7 Å². The van der Waals surface area contributed by atoms with Crippen LogP contribution >= 0.6 is 0 Å². The molecular weight excluding hydrogens is 166 g/mol. The second-order valence-electron chi connectivity index (χ2n) is 3.33. The molecule has 1 rings (SSSR count). The molecule has 1 heterocycles. The Kier molecular flexibility index (Phi) is 3.45. The summed E-state index contributed by atoms with van der Waals surface area (Å²) in [6.45, 7) is 7.53. The molecule has 3 N–H and O–H groups in total. The van der Waals surface area contributed by atoms with E-state index in [-0.39, 0.29) is 11.9 Å². The summed E-state index contributed by atoms with van der Waals surface area (Å²) < 4.78 is 0. The maximum atomic E-state index is 11.4. The van der Waals surface area contributed by atoms with Gasteiger partial charge in [0.1, 0.15) is 6.04 Å². The summed E-state index contributed by atoms with van der Waals surface area (Å²) >= 11 is 0. The van der Waals surface area contributed by atoms with Crippen molar-refractivity contribution in [3.63, 3.8) is 0 Å². The van der Waals surface area contributed by atoms with Crippen LogP contribution in [-0.4, -0.2) is 42.5 Å². The lowest BCUT2D eigenvalue weighted by Crippen LogP contribution is -2.61. The molecule has 2 atom stereocenters. The molecule has 0 spiro atoms. The van der Waals surface area contributed by atoms with Gasteiger partial charge in [-0.25, -0.2) is 0 Å². The maximum Gasteiger partial charge on any atom is 0.238 e. The first-order chi connectivity index (χ1) is 6.20. The summed E-state index contributed by atoms with van der Waals surface area (Å²) in [4.78, 5) is 13.5. The van der Waals surface area contributed by atoms with Crippen molar-refractivity contribution in [2.75, 3.05) is 19.6 Å². The molecule has 0 saturated carbocycles. The molecule has 74 valence electrons. The molecule has 1 fully saturated rings. The van der Waals surface area contributed by atoms with Gasteiger partial charge in [0.2, 0.25) is 5.91 Å². The van der Waals surface area contributed by atoms with E-state index < -0.39 is 0 Å². The largest absolute Gasteiger partial charge is 0.353 e. The molecule has 0 bridgehead atoms. The number of carbonyl (C=O) groups is 1. The average molecular weight is 183 g/mol. The summed E-state index contributed by atoms with van der Waals surface area (Å²) in [6.07, 6.45) is 1.80. The van der Waals surface area contributed by atoms with E-state index in [1.54, 1.807) is 6.08 Å². The highest BCUT2D eigenvalue weighted by atomic mass is 16.2. The molecule has 1 aliphatic heterocycles. The maximum absolute atomic E-state index is 11.4. The van der Waals surface area contributed by atoms with Crippen LogP contribution < -0.4 is 11.1 Å². The molecule has 0 aromatic carbocycles. The van der Waals surface area contributed by atoms with Crippen molar-refractivity contribution >= 4 is 5.91 Å². The van der Waals surface area contributed by atoms with Gasteiger partial charge in [0.05, 0.1) is 0 Å². The van der Waals surface area contributed by atoms with Crippen LogP contribution in [-0.2, 0) is 4.79 Å². The minimum absolute atomic E-state index is 0.0300. The van der Waals surface area contributed by atoms with Gasteiger partial charge in [-0.1, -0.05) is 6.08 Å². The van der Waals surface area contributed by atoms with E-state index >= 15 is 0 Å². The zero-order chi connectivity index (χ0) is 9.84. The number of nitrogens with two attached hydrogens (primary N) is 1. The molecule has 0 aromatic rings.